The number of esters is 2. The van der Waals surface area contributed by atoms with Gasteiger partial charge in [-0.25, -0.2) is 4.79 Å². The van der Waals surface area contributed by atoms with Crippen molar-refractivity contribution in [3.63, 3.8) is 0 Å². The van der Waals surface area contributed by atoms with Crippen LogP contribution in [0.1, 0.15) is 54.9 Å². The Morgan fingerprint density at radius 2 is 1.83 bits per heavy atom. The van der Waals surface area contributed by atoms with Crippen molar-refractivity contribution < 1.29 is 39.2 Å². The summed E-state index contributed by atoms with van der Waals surface area (Å²) in [5.74, 6) is -4.63. The summed E-state index contributed by atoms with van der Waals surface area (Å²) in [4.78, 5) is 38.4. The fourth-order valence-electron chi connectivity index (χ4n) is 7.39. The van der Waals surface area contributed by atoms with E-state index in [2.05, 4.69) is 0 Å². The average molecular weight is 489 g/mol. The molecule has 192 valence electrons. The van der Waals surface area contributed by atoms with Gasteiger partial charge in [0.25, 0.3) is 0 Å². The number of rotatable bonds is 4. The van der Waals surface area contributed by atoms with E-state index in [1.54, 1.807) is 45.9 Å². The lowest BCUT2D eigenvalue weighted by molar-refractivity contribution is -0.227. The smallest absolute Gasteiger partial charge is 0.333 e. The summed E-state index contributed by atoms with van der Waals surface area (Å²) in [5.41, 5.74) is -4.47. The Labute approximate surface area is 205 Å². The lowest BCUT2D eigenvalue weighted by Gasteiger charge is -2.53. The van der Waals surface area contributed by atoms with Crippen LogP contribution in [0.15, 0.2) is 34.9 Å². The van der Waals surface area contributed by atoms with Gasteiger partial charge in [-0.2, -0.15) is 0 Å². The highest BCUT2D eigenvalue weighted by atomic mass is 16.6. The molecule has 2 saturated carbocycles. The van der Waals surface area contributed by atoms with Gasteiger partial charge in [0.1, 0.15) is 11.7 Å². The fourth-order valence-corrected chi connectivity index (χ4v) is 7.39. The van der Waals surface area contributed by atoms with Crippen molar-refractivity contribution in [3.05, 3.63) is 34.9 Å². The molecule has 4 rings (SSSR count). The first-order chi connectivity index (χ1) is 16.1. The first-order valence-electron chi connectivity index (χ1n) is 12.2. The lowest BCUT2D eigenvalue weighted by Crippen LogP contribution is -2.66. The summed E-state index contributed by atoms with van der Waals surface area (Å²) in [7, 11) is 0. The third-order valence-corrected chi connectivity index (χ3v) is 9.26. The van der Waals surface area contributed by atoms with Crippen LogP contribution in [-0.4, -0.2) is 62.6 Å². The Balaban J connectivity index is 1.96. The molecule has 0 spiro atoms. The van der Waals surface area contributed by atoms with Gasteiger partial charge in [0.05, 0.1) is 12.2 Å². The van der Waals surface area contributed by atoms with Crippen LogP contribution in [0.2, 0.25) is 0 Å². The Morgan fingerprint density at radius 1 is 1.20 bits per heavy atom. The van der Waals surface area contributed by atoms with Gasteiger partial charge in [-0.1, -0.05) is 39.0 Å². The van der Waals surface area contributed by atoms with Crippen LogP contribution in [0.25, 0.3) is 0 Å². The maximum absolute atomic E-state index is 13.1. The molecule has 2 fully saturated rings. The van der Waals surface area contributed by atoms with E-state index < -0.39 is 76.3 Å². The highest BCUT2D eigenvalue weighted by Crippen LogP contribution is 2.77. The summed E-state index contributed by atoms with van der Waals surface area (Å²) in [5, 5.41) is 34.3. The second kappa shape index (κ2) is 7.85. The number of ketones is 1. The second-order valence-electron chi connectivity index (χ2n) is 11.3. The maximum atomic E-state index is 13.1. The summed E-state index contributed by atoms with van der Waals surface area (Å²) in [6.07, 6.45) is 3.79. The topological polar surface area (TPSA) is 130 Å². The highest BCUT2D eigenvalue weighted by molar-refractivity contribution is 6.04. The normalized spacial score (nSPS) is 43.7. The predicted octanol–water partition coefficient (Wildman–Crippen LogP) is 2.02. The summed E-state index contributed by atoms with van der Waals surface area (Å²) >= 11 is 0. The van der Waals surface area contributed by atoms with Crippen LogP contribution < -0.4 is 0 Å². The largest absolute Gasteiger partial charge is 0.454 e. The second-order valence-corrected chi connectivity index (χ2v) is 11.3. The van der Waals surface area contributed by atoms with E-state index in [9.17, 15) is 29.7 Å². The number of hydrogen-bond acceptors (Lipinski definition) is 8. The molecule has 8 unspecified atom stereocenters. The lowest BCUT2D eigenvalue weighted by atomic mass is 9.59. The van der Waals surface area contributed by atoms with Crippen LogP contribution in [-0.2, 0) is 23.9 Å². The monoisotopic (exact) mass is 488 g/mol. The van der Waals surface area contributed by atoms with Crippen LogP contribution in [0, 0.1) is 29.1 Å². The number of aliphatic hydroxyl groups is 3. The molecular formula is C27H36O8. The van der Waals surface area contributed by atoms with Gasteiger partial charge < -0.3 is 24.8 Å². The molecule has 3 N–H and O–H groups in total. The predicted molar refractivity (Wildman–Crippen MR) is 126 cm³/mol. The molecule has 0 aliphatic heterocycles. The molecule has 0 saturated heterocycles. The summed E-state index contributed by atoms with van der Waals surface area (Å²) < 4.78 is 12.0. The zero-order valence-electron chi connectivity index (χ0n) is 21.4. The van der Waals surface area contributed by atoms with Crippen molar-refractivity contribution in [3.8, 4) is 0 Å². The standard InChI is InChI=1S/C27H36O8/c1-8-13(2)23(31)34-22-15(4)26(33)18(20-24(6,7)27(20,22)35-16(5)29)10-17(12-28)11-25(32)19(26)9-14(3)21(25)30/h8-10,15,18-20,22,28,32-33H,11-12H2,1-7H3. The number of hydrogen-bond donors (Lipinski definition) is 3. The number of aliphatic hydroxyl groups excluding tert-OH is 1. The SMILES string of the molecule is CC=C(C)C(=O)OC1C(C)C2(O)C(C=C(CO)CC3(O)C(=O)C(C)=CC32)C2C(C)(C)C12OC(C)=O. The average Bonchev–Trinajstić information content (AvgIpc) is 3.21. The zero-order chi connectivity index (χ0) is 26.3. The minimum Gasteiger partial charge on any atom is -0.454 e. The van der Waals surface area contributed by atoms with E-state index in [-0.39, 0.29) is 6.42 Å². The van der Waals surface area contributed by atoms with Crippen molar-refractivity contribution in [2.75, 3.05) is 6.61 Å². The molecule has 0 aromatic carbocycles. The van der Waals surface area contributed by atoms with Gasteiger partial charge in [0.15, 0.2) is 11.4 Å². The Hall–Kier alpha value is -2.29. The van der Waals surface area contributed by atoms with E-state index in [1.807, 2.05) is 13.8 Å². The minimum atomic E-state index is -1.94. The molecule has 8 atom stereocenters. The first kappa shape index (κ1) is 25.8. The molecule has 4 aliphatic carbocycles. The van der Waals surface area contributed by atoms with Gasteiger partial charge in [0, 0.05) is 48.0 Å². The van der Waals surface area contributed by atoms with Crippen molar-refractivity contribution in [2.24, 2.45) is 29.1 Å². The number of fused-ring (bicyclic) bond motifs is 5. The summed E-state index contributed by atoms with van der Waals surface area (Å²) in [6.45, 7) is 11.3. The molecular weight excluding hydrogens is 452 g/mol. The van der Waals surface area contributed by atoms with Crippen molar-refractivity contribution in [1.29, 1.82) is 0 Å². The molecule has 0 aromatic rings. The van der Waals surface area contributed by atoms with Gasteiger partial charge >= 0.3 is 11.9 Å². The summed E-state index contributed by atoms with van der Waals surface area (Å²) in [6, 6.07) is 0. The molecule has 0 bridgehead atoms. The number of carbonyl (C=O) groups excluding carboxylic acids is 3. The Kier molecular flexibility index (Phi) is 5.79. The van der Waals surface area contributed by atoms with Gasteiger partial charge in [0.2, 0.25) is 0 Å². The van der Waals surface area contributed by atoms with Crippen molar-refractivity contribution in [1.82, 2.24) is 0 Å². The molecule has 4 aliphatic rings. The Morgan fingerprint density at radius 3 is 2.37 bits per heavy atom. The van der Waals surface area contributed by atoms with Gasteiger partial charge in [-0.15, -0.1) is 0 Å². The Bertz CT molecular complexity index is 1080. The number of ether oxygens (including phenoxy) is 2. The van der Waals surface area contributed by atoms with Crippen LogP contribution >= 0.6 is 0 Å². The molecule has 0 radical (unpaired) electrons. The third-order valence-electron chi connectivity index (χ3n) is 9.26. The van der Waals surface area contributed by atoms with Crippen molar-refractivity contribution in [2.45, 2.75) is 77.8 Å². The maximum Gasteiger partial charge on any atom is 0.333 e. The molecule has 0 aromatic heterocycles. The van der Waals surface area contributed by atoms with Crippen molar-refractivity contribution >= 4 is 17.7 Å². The number of allylic oxidation sites excluding steroid dienone is 1. The fraction of sp³-hybridized carbons (Fsp3) is 0.667. The van der Waals surface area contributed by atoms with Crippen LogP contribution in [0.4, 0.5) is 0 Å². The number of carbonyl (C=O) groups is 3. The van der Waals surface area contributed by atoms with Crippen LogP contribution in [0.5, 0.6) is 0 Å². The molecule has 35 heavy (non-hydrogen) atoms. The molecule has 0 heterocycles. The molecule has 0 amide bonds. The van der Waals surface area contributed by atoms with E-state index >= 15 is 0 Å². The van der Waals surface area contributed by atoms with Gasteiger partial charge in [-0.3, -0.25) is 9.59 Å². The van der Waals surface area contributed by atoms with E-state index in [0.717, 1.165) is 0 Å². The first-order valence-corrected chi connectivity index (χ1v) is 12.2. The molecule has 8 nitrogen and oxygen atoms in total. The molecule has 8 heteroatoms. The zero-order valence-corrected chi connectivity index (χ0v) is 21.4. The minimum absolute atomic E-state index is 0.123. The van der Waals surface area contributed by atoms with Gasteiger partial charge in [-0.05, 0) is 31.9 Å². The van der Waals surface area contributed by atoms with E-state index in [1.165, 1.54) is 6.92 Å². The van der Waals surface area contributed by atoms with E-state index in [0.29, 0.717) is 16.7 Å². The van der Waals surface area contributed by atoms with E-state index in [4.69, 9.17) is 9.47 Å². The van der Waals surface area contributed by atoms with Crippen LogP contribution in [0.3, 0.4) is 0 Å². The number of Topliss-reactive ketones (excluding diaryl/α,β-unsaturated/α-hetero) is 1. The quantitative estimate of drug-likeness (QED) is 0.311. The third kappa shape index (κ3) is 3.12. The highest BCUT2D eigenvalue weighted by Gasteiger charge is 2.87.